The summed E-state index contributed by atoms with van der Waals surface area (Å²) in [6.07, 6.45) is 5.13. The number of nitrogens with zero attached hydrogens (tertiary/aromatic N) is 1. The zero-order valence-corrected chi connectivity index (χ0v) is 11.2. The molecule has 3 nitrogen and oxygen atoms in total. The van der Waals surface area contributed by atoms with E-state index in [1.807, 2.05) is 0 Å². The third-order valence-corrected chi connectivity index (χ3v) is 3.09. The Labute approximate surface area is 101 Å². The lowest BCUT2D eigenvalue weighted by molar-refractivity contribution is 0.117. The summed E-state index contributed by atoms with van der Waals surface area (Å²) in [5.41, 5.74) is 0. The predicted octanol–water partition coefficient (Wildman–Crippen LogP) is 2.14. The van der Waals surface area contributed by atoms with E-state index in [0.717, 1.165) is 32.2 Å². The van der Waals surface area contributed by atoms with E-state index >= 15 is 0 Å². The van der Waals surface area contributed by atoms with Gasteiger partial charge in [-0.25, -0.2) is 0 Å². The summed E-state index contributed by atoms with van der Waals surface area (Å²) < 4.78 is 5.09. The maximum Gasteiger partial charge on any atom is 0.0589 e. The van der Waals surface area contributed by atoms with E-state index in [-0.39, 0.29) is 6.61 Å². The zero-order chi connectivity index (χ0) is 12.2. The Balaban J connectivity index is 3.90. The SMILES string of the molecule is CCCCC(CC)CN(CCO)CCOC. The van der Waals surface area contributed by atoms with Crippen LogP contribution in [0.1, 0.15) is 39.5 Å². The first-order chi connectivity index (χ1) is 7.78. The second-order valence-corrected chi connectivity index (χ2v) is 4.43. The molecule has 0 heterocycles. The molecule has 98 valence electrons. The van der Waals surface area contributed by atoms with Crippen molar-refractivity contribution in [3.8, 4) is 0 Å². The molecule has 0 aliphatic heterocycles. The highest BCUT2D eigenvalue weighted by atomic mass is 16.5. The topological polar surface area (TPSA) is 32.7 Å². The molecule has 0 spiro atoms. The molecule has 0 aliphatic rings. The van der Waals surface area contributed by atoms with Gasteiger partial charge in [0.2, 0.25) is 0 Å². The summed E-state index contributed by atoms with van der Waals surface area (Å²) in [5.74, 6) is 0.767. The highest BCUT2D eigenvalue weighted by Crippen LogP contribution is 2.14. The first-order valence-electron chi connectivity index (χ1n) is 6.60. The maximum atomic E-state index is 9.02. The van der Waals surface area contributed by atoms with E-state index in [1.54, 1.807) is 7.11 Å². The van der Waals surface area contributed by atoms with Gasteiger partial charge in [0.1, 0.15) is 0 Å². The smallest absolute Gasteiger partial charge is 0.0589 e. The monoisotopic (exact) mass is 231 g/mol. The minimum atomic E-state index is 0.244. The van der Waals surface area contributed by atoms with Crippen LogP contribution in [0.2, 0.25) is 0 Å². The number of aliphatic hydroxyl groups excluding tert-OH is 1. The summed E-state index contributed by atoms with van der Waals surface area (Å²) in [5, 5.41) is 9.02. The van der Waals surface area contributed by atoms with Crippen LogP contribution in [-0.4, -0.2) is 50.0 Å². The second kappa shape index (κ2) is 11.4. The molecule has 1 unspecified atom stereocenters. The Morgan fingerprint density at radius 3 is 2.50 bits per heavy atom. The van der Waals surface area contributed by atoms with Gasteiger partial charge in [-0.1, -0.05) is 33.1 Å². The van der Waals surface area contributed by atoms with Crippen LogP contribution in [0, 0.1) is 5.92 Å². The molecule has 0 radical (unpaired) electrons. The van der Waals surface area contributed by atoms with E-state index in [2.05, 4.69) is 18.7 Å². The third-order valence-electron chi connectivity index (χ3n) is 3.09. The molecule has 0 aromatic heterocycles. The predicted molar refractivity (Wildman–Crippen MR) is 68.7 cm³/mol. The molecule has 1 N–H and O–H groups in total. The van der Waals surface area contributed by atoms with Gasteiger partial charge in [-0.3, -0.25) is 4.90 Å². The van der Waals surface area contributed by atoms with Crippen LogP contribution in [0.3, 0.4) is 0 Å². The Kier molecular flexibility index (Phi) is 11.3. The highest BCUT2D eigenvalue weighted by Gasteiger charge is 2.11. The van der Waals surface area contributed by atoms with Crippen molar-refractivity contribution in [3.63, 3.8) is 0 Å². The summed E-state index contributed by atoms with van der Waals surface area (Å²) in [4.78, 5) is 2.31. The van der Waals surface area contributed by atoms with Gasteiger partial charge in [0.05, 0.1) is 13.2 Å². The first-order valence-corrected chi connectivity index (χ1v) is 6.60. The van der Waals surface area contributed by atoms with Gasteiger partial charge < -0.3 is 9.84 Å². The molecule has 0 fully saturated rings. The number of rotatable bonds is 11. The van der Waals surface area contributed by atoms with Crippen molar-refractivity contribution in [2.75, 3.05) is 40.0 Å². The van der Waals surface area contributed by atoms with Gasteiger partial charge in [-0.2, -0.15) is 0 Å². The van der Waals surface area contributed by atoms with E-state index < -0.39 is 0 Å². The number of unbranched alkanes of at least 4 members (excludes halogenated alkanes) is 1. The lowest BCUT2D eigenvalue weighted by Crippen LogP contribution is -2.34. The summed E-state index contributed by atoms with van der Waals surface area (Å²) in [7, 11) is 1.73. The van der Waals surface area contributed by atoms with Crippen LogP contribution in [0.15, 0.2) is 0 Å². The lowest BCUT2D eigenvalue weighted by Gasteiger charge is -2.26. The zero-order valence-electron chi connectivity index (χ0n) is 11.2. The molecule has 16 heavy (non-hydrogen) atoms. The number of methoxy groups -OCH3 is 1. The third kappa shape index (κ3) is 8.08. The summed E-state index contributed by atoms with van der Waals surface area (Å²) in [6, 6.07) is 0. The Morgan fingerprint density at radius 2 is 2.00 bits per heavy atom. The Bertz CT molecular complexity index is 142. The molecule has 1 atom stereocenters. The van der Waals surface area contributed by atoms with Crippen LogP contribution in [0.25, 0.3) is 0 Å². The van der Waals surface area contributed by atoms with Crippen molar-refractivity contribution in [1.29, 1.82) is 0 Å². The van der Waals surface area contributed by atoms with Gasteiger partial charge in [0.25, 0.3) is 0 Å². The van der Waals surface area contributed by atoms with Gasteiger partial charge >= 0.3 is 0 Å². The minimum absolute atomic E-state index is 0.244. The van der Waals surface area contributed by atoms with Crippen LogP contribution in [-0.2, 0) is 4.74 Å². The fourth-order valence-corrected chi connectivity index (χ4v) is 1.94. The van der Waals surface area contributed by atoms with Crippen LogP contribution in [0.5, 0.6) is 0 Å². The highest BCUT2D eigenvalue weighted by molar-refractivity contribution is 4.65. The van der Waals surface area contributed by atoms with Gasteiger partial charge in [-0.15, -0.1) is 0 Å². The number of ether oxygens (including phenoxy) is 1. The van der Waals surface area contributed by atoms with Crippen molar-refractivity contribution >= 4 is 0 Å². The Hall–Kier alpha value is -0.120. The minimum Gasteiger partial charge on any atom is -0.395 e. The molecule has 3 heteroatoms. The summed E-state index contributed by atoms with van der Waals surface area (Å²) >= 11 is 0. The molecule has 0 aliphatic carbocycles. The van der Waals surface area contributed by atoms with Crippen molar-refractivity contribution in [1.82, 2.24) is 4.90 Å². The number of aliphatic hydroxyl groups is 1. The largest absolute Gasteiger partial charge is 0.395 e. The first kappa shape index (κ1) is 15.9. The van der Waals surface area contributed by atoms with Crippen LogP contribution < -0.4 is 0 Å². The quantitative estimate of drug-likeness (QED) is 0.591. The van der Waals surface area contributed by atoms with Crippen molar-refractivity contribution in [2.45, 2.75) is 39.5 Å². The van der Waals surface area contributed by atoms with Crippen LogP contribution >= 0.6 is 0 Å². The average Bonchev–Trinajstić information content (AvgIpc) is 2.31. The molecular formula is C13H29NO2. The van der Waals surface area contributed by atoms with Gasteiger partial charge in [-0.05, 0) is 12.3 Å². The van der Waals surface area contributed by atoms with Gasteiger partial charge in [0, 0.05) is 26.7 Å². The number of hydrogen-bond donors (Lipinski definition) is 1. The van der Waals surface area contributed by atoms with Crippen LogP contribution in [0.4, 0.5) is 0 Å². The Morgan fingerprint density at radius 1 is 1.25 bits per heavy atom. The summed E-state index contributed by atoms with van der Waals surface area (Å²) in [6.45, 7) is 8.29. The van der Waals surface area contributed by atoms with Crippen molar-refractivity contribution in [3.05, 3.63) is 0 Å². The van der Waals surface area contributed by atoms with E-state index in [9.17, 15) is 0 Å². The molecule has 0 aromatic rings. The standard InChI is InChI=1S/C13H29NO2/c1-4-6-7-13(5-2)12-14(8-10-15)9-11-16-3/h13,15H,4-12H2,1-3H3. The maximum absolute atomic E-state index is 9.02. The molecular weight excluding hydrogens is 202 g/mol. The van der Waals surface area contributed by atoms with E-state index in [0.29, 0.717) is 0 Å². The van der Waals surface area contributed by atoms with E-state index in [4.69, 9.17) is 9.84 Å². The normalized spacial score (nSPS) is 13.3. The fourth-order valence-electron chi connectivity index (χ4n) is 1.94. The fraction of sp³-hybridized carbons (Fsp3) is 1.00. The molecule has 0 amide bonds. The lowest BCUT2D eigenvalue weighted by atomic mass is 9.99. The number of hydrogen-bond acceptors (Lipinski definition) is 3. The molecule has 0 saturated carbocycles. The second-order valence-electron chi connectivity index (χ2n) is 4.43. The van der Waals surface area contributed by atoms with E-state index in [1.165, 1.54) is 25.7 Å². The molecule has 0 aromatic carbocycles. The molecule has 0 bridgehead atoms. The van der Waals surface area contributed by atoms with Crippen molar-refractivity contribution < 1.29 is 9.84 Å². The van der Waals surface area contributed by atoms with Crippen molar-refractivity contribution in [2.24, 2.45) is 5.92 Å². The molecule has 0 saturated heterocycles. The van der Waals surface area contributed by atoms with Gasteiger partial charge in [0.15, 0.2) is 0 Å². The molecule has 0 rings (SSSR count). The average molecular weight is 231 g/mol.